The zero-order valence-electron chi connectivity index (χ0n) is 12.3. The van der Waals surface area contributed by atoms with E-state index in [1.165, 1.54) is 13.2 Å². The lowest BCUT2D eigenvalue weighted by molar-refractivity contribution is -0.146. The van der Waals surface area contributed by atoms with Gasteiger partial charge in [-0.05, 0) is 18.6 Å². The van der Waals surface area contributed by atoms with Gasteiger partial charge in [-0.1, -0.05) is 12.1 Å². The summed E-state index contributed by atoms with van der Waals surface area (Å²) in [6.07, 6.45) is -3.30. The fourth-order valence-corrected chi connectivity index (χ4v) is 2.73. The molecule has 0 saturated heterocycles. The number of fused-ring (bicyclic) bond motifs is 1. The van der Waals surface area contributed by atoms with Crippen molar-refractivity contribution in [2.75, 3.05) is 7.11 Å². The first-order chi connectivity index (χ1) is 10.9. The second-order valence-electron chi connectivity index (χ2n) is 5.39. The molecule has 0 saturated carbocycles. The molecule has 0 N–H and O–H groups in total. The van der Waals surface area contributed by atoms with Gasteiger partial charge in [0.1, 0.15) is 5.82 Å². The highest BCUT2D eigenvalue weighted by molar-refractivity contribution is 5.72. The first kappa shape index (κ1) is 15.5. The maximum absolute atomic E-state index is 12.9. The van der Waals surface area contributed by atoms with Crippen LogP contribution >= 0.6 is 0 Å². The van der Waals surface area contributed by atoms with Crippen molar-refractivity contribution in [2.45, 2.75) is 25.6 Å². The van der Waals surface area contributed by atoms with Crippen LogP contribution in [-0.2, 0) is 28.7 Å². The number of halogens is 3. The lowest BCUT2D eigenvalue weighted by Gasteiger charge is -2.22. The van der Waals surface area contributed by atoms with Gasteiger partial charge in [-0.3, -0.25) is 4.79 Å². The Bertz CT molecular complexity index is 740. The van der Waals surface area contributed by atoms with Crippen LogP contribution in [0.1, 0.15) is 17.8 Å². The van der Waals surface area contributed by atoms with Gasteiger partial charge in [-0.25, -0.2) is 0 Å². The normalized spacial score (nSPS) is 17.7. The summed E-state index contributed by atoms with van der Waals surface area (Å²) < 4.78 is 45.0. The number of nitrogens with zero attached hydrogens (tertiary/aromatic N) is 3. The Kier molecular flexibility index (Phi) is 3.83. The number of esters is 1. The van der Waals surface area contributed by atoms with Gasteiger partial charge >= 0.3 is 12.1 Å². The third-order valence-electron chi connectivity index (χ3n) is 3.93. The molecule has 2 aromatic rings. The number of aromatic nitrogens is 3. The maximum atomic E-state index is 12.9. The summed E-state index contributed by atoms with van der Waals surface area (Å²) in [5.74, 6) is 0.324. The van der Waals surface area contributed by atoms with Crippen molar-refractivity contribution >= 4 is 5.97 Å². The van der Waals surface area contributed by atoms with Gasteiger partial charge in [0, 0.05) is 18.5 Å². The summed E-state index contributed by atoms with van der Waals surface area (Å²) in [4.78, 5) is 11.7. The molecular formula is C15H14F3N3O2. The quantitative estimate of drug-likeness (QED) is 0.797. The summed E-state index contributed by atoms with van der Waals surface area (Å²) >= 11 is 0. The molecule has 1 unspecified atom stereocenters. The van der Waals surface area contributed by atoms with Gasteiger partial charge in [0.2, 0.25) is 0 Å². The summed E-state index contributed by atoms with van der Waals surface area (Å²) in [5.41, 5.74) is -0.420. The fraction of sp³-hybridized carbons (Fsp3) is 0.400. The number of carbonyl (C=O) groups is 1. The third kappa shape index (κ3) is 2.93. The molecule has 3 rings (SSSR count). The Hall–Kier alpha value is -2.38. The average Bonchev–Trinajstić information content (AvgIpc) is 2.96. The van der Waals surface area contributed by atoms with Crippen molar-refractivity contribution in [3.8, 4) is 11.4 Å². The first-order valence-corrected chi connectivity index (χ1v) is 7.07. The number of benzene rings is 1. The molecule has 1 aromatic carbocycles. The molecule has 8 heteroatoms. The number of alkyl halides is 3. The fourth-order valence-electron chi connectivity index (χ4n) is 2.73. The number of ether oxygens (including phenoxy) is 1. The van der Waals surface area contributed by atoms with Crippen LogP contribution in [-0.4, -0.2) is 27.8 Å². The van der Waals surface area contributed by atoms with Crippen molar-refractivity contribution in [1.29, 1.82) is 0 Å². The molecule has 2 heterocycles. The van der Waals surface area contributed by atoms with Gasteiger partial charge in [0.15, 0.2) is 5.82 Å². The Labute approximate surface area is 130 Å². The van der Waals surface area contributed by atoms with E-state index < -0.39 is 11.7 Å². The van der Waals surface area contributed by atoms with E-state index in [0.29, 0.717) is 36.6 Å². The predicted molar refractivity (Wildman–Crippen MR) is 74.3 cm³/mol. The molecule has 0 spiro atoms. The van der Waals surface area contributed by atoms with Gasteiger partial charge in [0.05, 0.1) is 18.6 Å². The van der Waals surface area contributed by atoms with Crippen LogP contribution in [0.5, 0.6) is 0 Å². The van der Waals surface area contributed by atoms with E-state index in [1.54, 1.807) is 10.6 Å². The van der Waals surface area contributed by atoms with Crippen molar-refractivity contribution < 1.29 is 22.7 Å². The highest BCUT2D eigenvalue weighted by Crippen LogP contribution is 2.33. The number of carbonyl (C=O) groups excluding carboxylic acids is 1. The van der Waals surface area contributed by atoms with Crippen LogP contribution in [0.3, 0.4) is 0 Å². The summed E-state index contributed by atoms with van der Waals surface area (Å²) in [7, 11) is 1.32. The van der Waals surface area contributed by atoms with E-state index in [0.717, 1.165) is 12.1 Å². The Morgan fingerprint density at radius 2 is 2.13 bits per heavy atom. The monoisotopic (exact) mass is 325 g/mol. The molecular weight excluding hydrogens is 311 g/mol. The van der Waals surface area contributed by atoms with Crippen LogP contribution in [0.25, 0.3) is 11.4 Å². The van der Waals surface area contributed by atoms with Crippen LogP contribution in [0.4, 0.5) is 13.2 Å². The third-order valence-corrected chi connectivity index (χ3v) is 3.93. The lowest BCUT2D eigenvalue weighted by Crippen LogP contribution is -2.28. The molecule has 1 atom stereocenters. The number of rotatable bonds is 2. The molecule has 0 aliphatic carbocycles. The Balaban J connectivity index is 1.97. The topological polar surface area (TPSA) is 57.0 Å². The SMILES string of the molecule is COC(=O)C1CCc2nnc(-c3cccc(C(F)(F)F)c3)n2C1. The van der Waals surface area contributed by atoms with E-state index >= 15 is 0 Å². The smallest absolute Gasteiger partial charge is 0.416 e. The highest BCUT2D eigenvalue weighted by atomic mass is 19.4. The molecule has 0 amide bonds. The van der Waals surface area contributed by atoms with Crippen LogP contribution in [0, 0.1) is 5.92 Å². The van der Waals surface area contributed by atoms with Crippen molar-refractivity contribution in [3.05, 3.63) is 35.7 Å². The van der Waals surface area contributed by atoms with Gasteiger partial charge in [-0.2, -0.15) is 13.2 Å². The molecule has 0 radical (unpaired) electrons. The van der Waals surface area contributed by atoms with Crippen molar-refractivity contribution in [2.24, 2.45) is 5.92 Å². The van der Waals surface area contributed by atoms with E-state index in [1.807, 2.05) is 0 Å². The second kappa shape index (κ2) is 5.68. The van der Waals surface area contributed by atoms with Crippen LogP contribution in [0.15, 0.2) is 24.3 Å². The largest absolute Gasteiger partial charge is 0.469 e. The number of aryl methyl sites for hydroxylation is 1. The molecule has 1 aliphatic rings. The van der Waals surface area contributed by atoms with Crippen LogP contribution in [0.2, 0.25) is 0 Å². The standard InChI is InChI=1S/C15H14F3N3O2/c1-23-14(22)10-5-6-12-19-20-13(21(12)8-10)9-3-2-4-11(7-9)15(16,17)18/h2-4,7,10H,5-6,8H2,1H3. The van der Waals surface area contributed by atoms with E-state index in [9.17, 15) is 18.0 Å². The highest BCUT2D eigenvalue weighted by Gasteiger charge is 2.32. The first-order valence-electron chi connectivity index (χ1n) is 7.07. The molecule has 5 nitrogen and oxygen atoms in total. The summed E-state index contributed by atoms with van der Waals surface area (Å²) in [6.45, 7) is 0.306. The molecule has 0 fully saturated rings. The summed E-state index contributed by atoms with van der Waals surface area (Å²) in [6, 6.07) is 4.93. The lowest BCUT2D eigenvalue weighted by atomic mass is 9.99. The molecule has 0 bridgehead atoms. The zero-order valence-corrected chi connectivity index (χ0v) is 12.3. The Morgan fingerprint density at radius 3 is 2.83 bits per heavy atom. The van der Waals surface area contributed by atoms with Crippen molar-refractivity contribution in [3.63, 3.8) is 0 Å². The number of methoxy groups -OCH3 is 1. The van der Waals surface area contributed by atoms with Gasteiger partial charge in [-0.15, -0.1) is 10.2 Å². The maximum Gasteiger partial charge on any atom is 0.416 e. The summed E-state index contributed by atoms with van der Waals surface area (Å²) in [5, 5.41) is 8.03. The Morgan fingerprint density at radius 1 is 1.35 bits per heavy atom. The zero-order chi connectivity index (χ0) is 16.6. The molecule has 23 heavy (non-hydrogen) atoms. The van der Waals surface area contributed by atoms with Crippen molar-refractivity contribution in [1.82, 2.24) is 14.8 Å². The average molecular weight is 325 g/mol. The minimum Gasteiger partial charge on any atom is -0.469 e. The predicted octanol–water partition coefficient (Wildman–Crippen LogP) is 2.70. The van der Waals surface area contributed by atoms with Crippen LogP contribution < -0.4 is 0 Å². The van der Waals surface area contributed by atoms with Gasteiger partial charge < -0.3 is 9.30 Å². The molecule has 122 valence electrons. The number of hydrogen-bond donors (Lipinski definition) is 0. The molecule has 1 aliphatic heterocycles. The minimum atomic E-state index is -4.42. The number of hydrogen-bond acceptors (Lipinski definition) is 4. The van der Waals surface area contributed by atoms with E-state index in [-0.39, 0.29) is 11.9 Å². The van der Waals surface area contributed by atoms with E-state index in [2.05, 4.69) is 10.2 Å². The minimum absolute atomic E-state index is 0.306. The van der Waals surface area contributed by atoms with E-state index in [4.69, 9.17) is 4.74 Å². The second-order valence-corrected chi connectivity index (χ2v) is 5.39. The molecule has 1 aromatic heterocycles. The van der Waals surface area contributed by atoms with Gasteiger partial charge in [0.25, 0.3) is 0 Å².